The van der Waals surface area contributed by atoms with Crippen LogP contribution in [0.3, 0.4) is 0 Å². The van der Waals surface area contributed by atoms with E-state index >= 15 is 0 Å². The average molecular weight is 287 g/mol. The van der Waals surface area contributed by atoms with Gasteiger partial charge in [-0.15, -0.1) is 0 Å². The van der Waals surface area contributed by atoms with Gasteiger partial charge in [-0.05, 0) is 24.8 Å². The Kier molecular flexibility index (Phi) is 3.17. The third-order valence-corrected chi connectivity index (χ3v) is 3.56. The van der Waals surface area contributed by atoms with E-state index in [1.54, 1.807) is 24.3 Å². The van der Waals surface area contributed by atoms with Gasteiger partial charge in [0.05, 0.1) is 5.39 Å². The van der Waals surface area contributed by atoms with E-state index in [1.807, 2.05) is 0 Å². The smallest absolute Gasteiger partial charge is 0.326 e. The van der Waals surface area contributed by atoms with Crippen LogP contribution in [0.25, 0.3) is 10.8 Å². The minimum absolute atomic E-state index is 0.0251. The maximum absolute atomic E-state index is 12.3. The highest BCUT2D eigenvalue weighted by Crippen LogP contribution is 2.32. The number of carboxylic acids is 1. The molecule has 108 valence electrons. The summed E-state index contributed by atoms with van der Waals surface area (Å²) in [5.41, 5.74) is -0.365. The van der Waals surface area contributed by atoms with Crippen LogP contribution >= 0.6 is 0 Å². The lowest BCUT2D eigenvalue weighted by Gasteiger charge is -2.13. The second kappa shape index (κ2) is 5.01. The topological polar surface area (TPSA) is 112 Å². The largest absolute Gasteiger partial charge is 0.480 e. The van der Waals surface area contributed by atoms with E-state index in [0.717, 1.165) is 12.8 Å². The number of carbonyl (C=O) groups is 2. The molecule has 21 heavy (non-hydrogen) atoms. The molecule has 1 aromatic heterocycles. The number of carbonyl (C=O) groups excluding carboxylic acids is 1. The molecule has 1 aliphatic carbocycles. The summed E-state index contributed by atoms with van der Waals surface area (Å²) in [5, 5.41) is 18.4. The number of nitrogens with zero attached hydrogens (tertiary/aromatic N) is 1. The predicted molar refractivity (Wildman–Crippen MR) is 74.0 cm³/mol. The first-order valence-electron chi connectivity index (χ1n) is 6.59. The van der Waals surface area contributed by atoms with Crippen LogP contribution in [-0.2, 0) is 4.79 Å². The van der Waals surface area contributed by atoms with Gasteiger partial charge in [-0.3, -0.25) is 9.59 Å². The van der Waals surface area contributed by atoms with E-state index in [9.17, 15) is 14.4 Å². The Labute approximate surface area is 119 Å². The summed E-state index contributed by atoms with van der Waals surface area (Å²) in [6, 6.07) is 5.66. The van der Waals surface area contributed by atoms with Crippen molar-refractivity contribution in [2.75, 3.05) is 0 Å². The van der Waals surface area contributed by atoms with Gasteiger partial charge >= 0.3 is 5.97 Å². The van der Waals surface area contributed by atoms with Crippen LogP contribution in [0.15, 0.2) is 29.1 Å². The van der Waals surface area contributed by atoms with Gasteiger partial charge in [-0.25, -0.2) is 9.89 Å². The van der Waals surface area contributed by atoms with Crippen LogP contribution in [0.5, 0.6) is 0 Å². The number of hydrogen-bond acceptors (Lipinski definition) is 4. The molecule has 0 aliphatic heterocycles. The summed E-state index contributed by atoms with van der Waals surface area (Å²) in [7, 11) is 0. The molecule has 1 fully saturated rings. The highest BCUT2D eigenvalue weighted by Gasteiger charge is 2.37. The molecule has 7 heteroatoms. The number of benzene rings is 1. The molecule has 1 aliphatic rings. The Morgan fingerprint density at radius 1 is 1.29 bits per heavy atom. The quantitative estimate of drug-likeness (QED) is 0.758. The molecule has 0 bridgehead atoms. The molecule has 1 atom stereocenters. The van der Waals surface area contributed by atoms with Gasteiger partial charge < -0.3 is 10.4 Å². The zero-order chi connectivity index (χ0) is 15.0. The second-order valence-electron chi connectivity index (χ2n) is 5.07. The number of aromatic nitrogens is 2. The van der Waals surface area contributed by atoms with Gasteiger partial charge in [-0.2, -0.15) is 5.10 Å². The molecule has 1 unspecified atom stereocenters. The van der Waals surface area contributed by atoms with E-state index in [1.165, 1.54) is 0 Å². The van der Waals surface area contributed by atoms with Crippen LogP contribution < -0.4 is 10.9 Å². The predicted octanol–water partition coefficient (Wildman–Crippen LogP) is 0.516. The summed E-state index contributed by atoms with van der Waals surface area (Å²) < 4.78 is 0. The number of carboxylic acid groups (broad SMARTS) is 1. The fraction of sp³-hybridized carbons (Fsp3) is 0.286. The van der Waals surface area contributed by atoms with Gasteiger partial charge in [0.15, 0.2) is 5.69 Å². The van der Waals surface area contributed by atoms with Crippen LogP contribution in [0, 0.1) is 5.92 Å². The first kappa shape index (κ1) is 13.3. The minimum Gasteiger partial charge on any atom is -0.480 e. The maximum Gasteiger partial charge on any atom is 0.326 e. The Bertz CT molecular complexity index is 779. The molecule has 0 saturated heterocycles. The van der Waals surface area contributed by atoms with Gasteiger partial charge in [0.1, 0.15) is 6.04 Å². The molecule has 2 aromatic rings. The van der Waals surface area contributed by atoms with E-state index in [4.69, 9.17) is 5.11 Å². The highest BCUT2D eigenvalue weighted by molar-refractivity contribution is 6.05. The molecule has 1 amide bonds. The molecule has 3 N–H and O–H groups in total. The van der Waals surface area contributed by atoms with Crippen LogP contribution in [0.1, 0.15) is 23.3 Å². The van der Waals surface area contributed by atoms with Gasteiger partial charge in [0.2, 0.25) is 0 Å². The van der Waals surface area contributed by atoms with Crippen molar-refractivity contribution in [3.63, 3.8) is 0 Å². The summed E-state index contributed by atoms with van der Waals surface area (Å²) in [6.07, 6.45) is 1.58. The van der Waals surface area contributed by atoms with Crippen molar-refractivity contribution in [3.8, 4) is 0 Å². The SMILES string of the molecule is O=C(NC(C(=O)O)C1CC1)c1n[nH]c(=O)c2ccccc12. The summed E-state index contributed by atoms with van der Waals surface area (Å²) >= 11 is 0. The fourth-order valence-corrected chi connectivity index (χ4v) is 2.31. The summed E-state index contributed by atoms with van der Waals surface area (Å²) in [5.74, 6) is -1.68. The summed E-state index contributed by atoms with van der Waals surface area (Å²) in [4.78, 5) is 35.1. The number of aliphatic carboxylic acids is 1. The highest BCUT2D eigenvalue weighted by atomic mass is 16.4. The maximum atomic E-state index is 12.3. The number of hydrogen-bond donors (Lipinski definition) is 3. The first-order chi connectivity index (χ1) is 10.1. The molecule has 1 aromatic carbocycles. The minimum atomic E-state index is -1.06. The van der Waals surface area contributed by atoms with Gasteiger partial charge in [-0.1, -0.05) is 18.2 Å². The van der Waals surface area contributed by atoms with Crippen molar-refractivity contribution in [1.29, 1.82) is 0 Å². The van der Waals surface area contributed by atoms with E-state index in [0.29, 0.717) is 10.8 Å². The van der Waals surface area contributed by atoms with Crippen LogP contribution in [0.4, 0.5) is 0 Å². The van der Waals surface area contributed by atoms with Crippen LogP contribution in [0.2, 0.25) is 0 Å². The Balaban J connectivity index is 1.96. The van der Waals surface area contributed by atoms with Crippen molar-refractivity contribution >= 4 is 22.6 Å². The Morgan fingerprint density at radius 3 is 2.57 bits per heavy atom. The molecular weight excluding hydrogens is 274 g/mol. The van der Waals surface area contributed by atoms with Crippen molar-refractivity contribution in [2.45, 2.75) is 18.9 Å². The molecule has 0 spiro atoms. The number of aromatic amines is 1. The lowest BCUT2D eigenvalue weighted by molar-refractivity contribution is -0.139. The molecule has 1 saturated carbocycles. The fourth-order valence-electron chi connectivity index (χ4n) is 2.31. The van der Waals surface area contributed by atoms with Crippen molar-refractivity contribution in [3.05, 3.63) is 40.3 Å². The number of nitrogens with one attached hydrogen (secondary N) is 2. The zero-order valence-corrected chi connectivity index (χ0v) is 11.0. The Morgan fingerprint density at radius 2 is 1.95 bits per heavy atom. The van der Waals surface area contributed by atoms with Crippen molar-refractivity contribution in [2.24, 2.45) is 5.92 Å². The Hall–Kier alpha value is -2.70. The normalized spacial score (nSPS) is 15.6. The average Bonchev–Trinajstić information content (AvgIpc) is 3.29. The number of amides is 1. The molecular formula is C14H13N3O4. The van der Waals surface area contributed by atoms with Crippen molar-refractivity contribution in [1.82, 2.24) is 15.5 Å². The zero-order valence-electron chi connectivity index (χ0n) is 11.0. The standard InChI is InChI=1S/C14H13N3O4/c18-12-9-4-2-1-3-8(9)11(16-17-12)13(19)15-10(14(20)21)7-5-6-7/h1-4,7,10H,5-6H2,(H,15,19)(H,17,18)(H,20,21). The lowest BCUT2D eigenvalue weighted by atomic mass is 10.1. The molecule has 7 nitrogen and oxygen atoms in total. The molecule has 0 radical (unpaired) electrons. The first-order valence-corrected chi connectivity index (χ1v) is 6.59. The summed E-state index contributed by atoms with van der Waals surface area (Å²) in [6.45, 7) is 0. The monoisotopic (exact) mass is 287 g/mol. The van der Waals surface area contributed by atoms with Crippen molar-refractivity contribution < 1.29 is 14.7 Å². The lowest BCUT2D eigenvalue weighted by Crippen LogP contribution is -2.43. The number of rotatable bonds is 4. The number of fused-ring (bicyclic) bond motifs is 1. The third kappa shape index (κ3) is 2.49. The van der Waals surface area contributed by atoms with E-state index in [2.05, 4.69) is 15.5 Å². The number of H-pyrrole nitrogens is 1. The van der Waals surface area contributed by atoms with Crippen LogP contribution in [-0.4, -0.2) is 33.2 Å². The van der Waals surface area contributed by atoms with E-state index in [-0.39, 0.29) is 17.2 Å². The third-order valence-electron chi connectivity index (χ3n) is 3.56. The molecule has 3 rings (SSSR count). The van der Waals surface area contributed by atoms with Gasteiger partial charge in [0, 0.05) is 5.39 Å². The second-order valence-corrected chi connectivity index (χ2v) is 5.07. The molecule has 1 heterocycles. The van der Waals surface area contributed by atoms with E-state index < -0.39 is 17.9 Å². The van der Waals surface area contributed by atoms with Gasteiger partial charge in [0.25, 0.3) is 11.5 Å².